The molecule has 1 atom stereocenters. The number of carbonyl (C=O) groups is 1. The molecule has 0 aliphatic carbocycles. The maximum atomic E-state index is 13.0. The number of nitrogens with one attached hydrogen (secondary N) is 1. The first kappa shape index (κ1) is 17.5. The van der Waals surface area contributed by atoms with E-state index in [1.54, 1.807) is 13.3 Å². The van der Waals surface area contributed by atoms with Crippen molar-refractivity contribution >= 4 is 11.6 Å². The van der Waals surface area contributed by atoms with Gasteiger partial charge in [0.15, 0.2) is 12.2 Å². The molecule has 1 saturated heterocycles. The van der Waals surface area contributed by atoms with Crippen molar-refractivity contribution in [3.8, 4) is 17.1 Å². The van der Waals surface area contributed by atoms with Crippen molar-refractivity contribution in [2.24, 2.45) is 0 Å². The lowest BCUT2D eigenvalue weighted by Gasteiger charge is -2.33. The van der Waals surface area contributed by atoms with Gasteiger partial charge in [-0.05, 0) is 45.4 Å². The standard InChI is InChI=1S/C19H25N3O3/c1-13(2)22(19(23)16-6-4-5-9-21-16)14-7-8-15(17(10-14)24-3)18-11-20-12-25-18/h7-8,10-13,16,21H,4-6,9H2,1-3H3. The number of oxazole rings is 1. The van der Waals surface area contributed by atoms with E-state index in [1.807, 2.05) is 36.9 Å². The normalized spacial score (nSPS) is 17.5. The zero-order chi connectivity index (χ0) is 17.8. The Kier molecular flexibility index (Phi) is 5.38. The second-order valence-electron chi connectivity index (χ2n) is 6.55. The number of amides is 1. The number of ether oxygens (including phenoxy) is 1. The summed E-state index contributed by atoms with van der Waals surface area (Å²) in [5, 5.41) is 3.34. The molecule has 1 N–H and O–H groups in total. The van der Waals surface area contributed by atoms with Gasteiger partial charge < -0.3 is 19.4 Å². The summed E-state index contributed by atoms with van der Waals surface area (Å²) in [4.78, 5) is 18.8. The molecule has 2 heterocycles. The lowest BCUT2D eigenvalue weighted by Crippen LogP contribution is -2.51. The molecule has 1 amide bonds. The first-order valence-electron chi connectivity index (χ1n) is 8.75. The minimum Gasteiger partial charge on any atom is -0.496 e. The molecule has 0 spiro atoms. The number of hydrogen-bond donors (Lipinski definition) is 1. The van der Waals surface area contributed by atoms with Crippen LogP contribution in [0, 0.1) is 0 Å². The van der Waals surface area contributed by atoms with Crippen molar-refractivity contribution in [2.45, 2.75) is 45.2 Å². The summed E-state index contributed by atoms with van der Waals surface area (Å²) < 4.78 is 10.9. The average Bonchev–Trinajstić information content (AvgIpc) is 3.16. The molecule has 0 bridgehead atoms. The molecule has 6 nitrogen and oxygen atoms in total. The molecule has 1 aromatic heterocycles. The quantitative estimate of drug-likeness (QED) is 0.903. The topological polar surface area (TPSA) is 67.6 Å². The van der Waals surface area contributed by atoms with E-state index in [2.05, 4.69) is 10.3 Å². The number of benzene rings is 1. The second-order valence-corrected chi connectivity index (χ2v) is 6.55. The monoisotopic (exact) mass is 343 g/mol. The number of anilines is 1. The molecule has 1 unspecified atom stereocenters. The lowest BCUT2D eigenvalue weighted by molar-refractivity contribution is -0.121. The van der Waals surface area contributed by atoms with Gasteiger partial charge in [-0.15, -0.1) is 0 Å². The summed E-state index contributed by atoms with van der Waals surface area (Å²) in [5.74, 6) is 1.41. The van der Waals surface area contributed by atoms with Crippen LogP contribution in [0.15, 0.2) is 35.2 Å². The van der Waals surface area contributed by atoms with Crippen LogP contribution in [0.3, 0.4) is 0 Å². The highest BCUT2D eigenvalue weighted by Gasteiger charge is 2.29. The van der Waals surface area contributed by atoms with Gasteiger partial charge in [0, 0.05) is 17.8 Å². The van der Waals surface area contributed by atoms with Crippen molar-refractivity contribution in [3.05, 3.63) is 30.8 Å². The van der Waals surface area contributed by atoms with E-state index in [1.165, 1.54) is 6.39 Å². The van der Waals surface area contributed by atoms with Gasteiger partial charge in [-0.3, -0.25) is 4.79 Å². The van der Waals surface area contributed by atoms with Gasteiger partial charge in [0.1, 0.15) is 5.75 Å². The first-order valence-corrected chi connectivity index (χ1v) is 8.75. The number of hydrogen-bond acceptors (Lipinski definition) is 5. The van der Waals surface area contributed by atoms with Crippen LogP contribution < -0.4 is 15.0 Å². The molecule has 1 fully saturated rings. The molecule has 2 aromatic rings. The Morgan fingerprint density at radius 2 is 2.24 bits per heavy atom. The molecule has 3 rings (SSSR count). The zero-order valence-corrected chi connectivity index (χ0v) is 15.0. The number of aromatic nitrogens is 1. The van der Waals surface area contributed by atoms with Gasteiger partial charge in [-0.2, -0.15) is 0 Å². The van der Waals surface area contributed by atoms with Crippen molar-refractivity contribution in [3.63, 3.8) is 0 Å². The SMILES string of the molecule is COc1cc(N(C(=O)C2CCCCN2)C(C)C)ccc1-c1cnco1. The predicted molar refractivity (Wildman–Crippen MR) is 96.8 cm³/mol. The van der Waals surface area contributed by atoms with Gasteiger partial charge in [0.05, 0.1) is 24.9 Å². The maximum absolute atomic E-state index is 13.0. The lowest BCUT2D eigenvalue weighted by atomic mass is 10.0. The van der Waals surface area contributed by atoms with Gasteiger partial charge in [-0.25, -0.2) is 4.98 Å². The molecular formula is C19H25N3O3. The highest BCUT2D eigenvalue weighted by Crippen LogP contribution is 2.34. The number of carbonyl (C=O) groups excluding carboxylic acids is 1. The van der Waals surface area contributed by atoms with Crippen LogP contribution in [0.5, 0.6) is 5.75 Å². The predicted octanol–water partition coefficient (Wildman–Crippen LogP) is 3.23. The van der Waals surface area contributed by atoms with Gasteiger partial charge in [0.25, 0.3) is 0 Å². The Balaban J connectivity index is 1.92. The Morgan fingerprint density at radius 1 is 1.40 bits per heavy atom. The summed E-state index contributed by atoms with van der Waals surface area (Å²) in [5.41, 5.74) is 1.64. The van der Waals surface area contributed by atoms with E-state index in [9.17, 15) is 4.79 Å². The van der Waals surface area contributed by atoms with Crippen LogP contribution in [0.25, 0.3) is 11.3 Å². The van der Waals surface area contributed by atoms with E-state index in [-0.39, 0.29) is 18.0 Å². The third-order valence-electron chi connectivity index (χ3n) is 4.52. The molecule has 134 valence electrons. The number of methoxy groups -OCH3 is 1. The summed E-state index contributed by atoms with van der Waals surface area (Å²) in [6.45, 7) is 4.95. The second kappa shape index (κ2) is 7.70. The van der Waals surface area contributed by atoms with E-state index in [0.717, 1.165) is 37.1 Å². The summed E-state index contributed by atoms with van der Waals surface area (Å²) in [7, 11) is 1.61. The molecule has 25 heavy (non-hydrogen) atoms. The summed E-state index contributed by atoms with van der Waals surface area (Å²) in [6.07, 6.45) is 6.14. The van der Waals surface area contributed by atoms with Crippen molar-refractivity contribution in [1.82, 2.24) is 10.3 Å². The minimum atomic E-state index is -0.115. The smallest absolute Gasteiger partial charge is 0.244 e. The highest BCUT2D eigenvalue weighted by molar-refractivity contribution is 5.98. The molecule has 6 heteroatoms. The van der Waals surface area contributed by atoms with E-state index >= 15 is 0 Å². The van der Waals surface area contributed by atoms with Crippen LogP contribution in [0.2, 0.25) is 0 Å². The van der Waals surface area contributed by atoms with Crippen LogP contribution in [0.4, 0.5) is 5.69 Å². The van der Waals surface area contributed by atoms with Crippen LogP contribution in [-0.4, -0.2) is 36.6 Å². The van der Waals surface area contributed by atoms with Crippen LogP contribution in [-0.2, 0) is 4.79 Å². The third kappa shape index (κ3) is 3.69. The minimum absolute atomic E-state index is 0.0528. The highest BCUT2D eigenvalue weighted by atomic mass is 16.5. The number of rotatable bonds is 5. The summed E-state index contributed by atoms with van der Waals surface area (Å²) in [6, 6.07) is 5.67. The Bertz CT molecular complexity index is 707. The molecule has 1 aliphatic rings. The number of nitrogens with zero attached hydrogens (tertiary/aromatic N) is 2. The fourth-order valence-corrected chi connectivity index (χ4v) is 3.29. The van der Waals surface area contributed by atoms with E-state index in [0.29, 0.717) is 11.5 Å². The fraction of sp³-hybridized carbons (Fsp3) is 0.474. The Labute approximate surface area is 148 Å². The van der Waals surface area contributed by atoms with Crippen molar-refractivity contribution in [2.75, 3.05) is 18.6 Å². The van der Waals surface area contributed by atoms with Gasteiger partial charge in [0.2, 0.25) is 5.91 Å². The zero-order valence-electron chi connectivity index (χ0n) is 15.0. The fourth-order valence-electron chi connectivity index (χ4n) is 3.29. The molecule has 0 saturated carbocycles. The van der Waals surface area contributed by atoms with E-state index in [4.69, 9.17) is 9.15 Å². The molecule has 1 aromatic carbocycles. The van der Waals surface area contributed by atoms with Crippen molar-refractivity contribution in [1.29, 1.82) is 0 Å². The van der Waals surface area contributed by atoms with Crippen LogP contribution >= 0.6 is 0 Å². The Morgan fingerprint density at radius 3 is 2.84 bits per heavy atom. The van der Waals surface area contributed by atoms with Crippen LogP contribution in [0.1, 0.15) is 33.1 Å². The maximum Gasteiger partial charge on any atom is 0.244 e. The summed E-state index contributed by atoms with van der Waals surface area (Å²) >= 11 is 0. The van der Waals surface area contributed by atoms with Crippen molar-refractivity contribution < 1.29 is 13.9 Å². The molecular weight excluding hydrogens is 318 g/mol. The Hall–Kier alpha value is -2.34. The average molecular weight is 343 g/mol. The molecule has 0 radical (unpaired) electrons. The number of piperidine rings is 1. The first-order chi connectivity index (χ1) is 12.1. The van der Waals surface area contributed by atoms with E-state index < -0.39 is 0 Å². The van der Waals surface area contributed by atoms with Gasteiger partial charge in [-0.1, -0.05) is 6.42 Å². The third-order valence-corrected chi connectivity index (χ3v) is 4.52. The van der Waals surface area contributed by atoms with Gasteiger partial charge >= 0.3 is 0 Å². The molecule has 1 aliphatic heterocycles. The largest absolute Gasteiger partial charge is 0.496 e.